The maximum absolute atomic E-state index is 12.1. The number of carbonyl (C=O) groups excluding carboxylic acids is 1. The molecule has 0 bridgehead atoms. The Morgan fingerprint density at radius 3 is 2.63 bits per heavy atom. The van der Waals surface area contributed by atoms with E-state index in [-0.39, 0.29) is 6.09 Å². The minimum atomic E-state index is -0.488. The largest absolute Gasteiger partial charge is 0.443 e. The molecule has 0 N–H and O–H groups in total. The highest BCUT2D eigenvalue weighted by Crippen LogP contribution is 2.20. The van der Waals surface area contributed by atoms with Gasteiger partial charge in [-0.2, -0.15) is 0 Å². The number of aromatic nitrogens is 1. The predicted molar refractivity (Wildman–Crippen MR) is 78.3 cm³/mol. The van der Waals surface area contributed by atoms with E-state index in [1.807, 2.05) is 58.0 Å². The van der Waals surface area contributed by atoms with Crippen molar-refractivity contribution in [2.45, 2.75) is 33.3 Å². The number of carbonyl (C=O) groups is 1. The standard InChI is InChI=1S/C16H19NO2/c1-5-6-12-7-8-14-13(11-12)9-10-17(14)15(18)19-16(2,3)4/h5-11H,1-4H3/b6-5-. The van der Waals surface area contributed by atoms with Crippen molar-refractivity contribution >= 4 is 23.1 Å². The third-order valence-corrected chi connectivity index (χ3v) is 2.66. The first-order chi connectivity index (χ1) is 8.90. The molecule has 0 saturated heterocycles. The molecule has 100 valence electrons. The zero-order valence-corrected chi connectivity index (χ0v) is 11.8. The molecular formula is C16H19NO2. The molecule has 0 spiro atoms. The van der Waals surface area contributed by atoms with Crippen LogP contribution in [0.15, 0.2) is 36.5 Å². The number of hydrogen-bond acceptors (Lipinski definition) is 2. The first kappa shape index (κ1) is 13.4. The van der Waals surface area contributed by atoms with E-state index in [9.17, 15) is 4.79 Å². The van der Waals surface area contributed by atoms with Crippen LogP contribution in [0.4, 0.5) is 4.79 Å². The van der Waals surface area contributed by atoms with E-state index >= 15 is 0 Å². The summed E-state index contributed by atoms with van der Waals surface area (Å²) in [6, 6.07) is 7.90. The minimum Gasteiger partial charge on any atom is -0.443 e. The van der Waals surface area contributed by atoms with Gasteiger partial charge in [0.25, 0.3) is 0 Å². The number of hydrogen-bond donors (Lipinski definition) is 0. The fraction of sp³-hybridized carbons (Fsp3) is 0.312. The van der Waals surface area contributed by atoms with E-state index in [1.165, 1.54) is 0 Å². The van der Waals surface area contributed by atoms with Crippen LogP contribution in [0.5, 0.6) is 0 Å². The van der Waals surface area contributed by atoms with E-state index < -0.39 is 5.60 Å². The van der Waals surface area contributed by atoms with Gasteiger partial charge in [0.05, 0.1) is 5.52 Å². The predicted octanol–water partition coefficient (Wildman–Crippen LogP) is 4.46. The lowest BCUT2D eigenvalue weighted by Gasteiger charge is -2.19. The van der Waals surface area contributed by atoms with Gasteiger partial charge in [-0.1, -0.05) is 18.2 Å². The second kappa shape index (κ2) is 4.92. The van der Waals surface area contributed by atoms with Gasteiger partial charge in [-0.15, -0.1) is 0 Å². The Hall–Kier alpha value is -2.03. The number of rotatable bonds is 1. The monoisotopic (exact) mass is 257 g/mol. The Kier molecular flexibility index (Phi) is 3.47. The maximum atomic E-state index is 12.1. The van der Waals surface area contributed by atoms with Crippen LogP contribution in [-0.2, 0) is 4.74 Å². The zero-order chi connectivity index (χ0) is 14.0. The highest BCUT2D eigenvalue weighted by atomic mass is 16.6. The molecule has 1 aromatic carbocycles. The molecular weight excluding hydrogens is 238 g/mol. The average Bonchev–Trinajstić information content (AvgIpc) is 2.70. The molecule has 0 unspecified atom stereocenters. The number of nitrogens with zero attached hydrogens (tertiary/aromatic N) is 1. The Morgan fingerprint density at radius 1 is 1.26 bits per heavy atom. The van der Waals surface area contributed by atoms with Gasteiger partial charge < -0.3 is 4.74 Å². The van der Waals surface area contributed by atoms with Crippen LogP contribution < -0.4 is 0 Å². The summed E-state index contributed by atoms with van der Waals surface area (Å²) in [5.41, 5.74) is 1.50. The number of fused-ring (bicyclic) bond motifs is 1. The van der Waals surface area contributed by atoms with Crippen LogP contribution in [0.1, 0.15) is 33.3 Å². The summed E-state index contributed by atoms with van der Waals surface area (Å²) in [4.78, 5) is 12.1. The average molecular weight is 257 g/mol. The van der Waals surface area contributed by atoms with Crippen molar-refractivity contribution in [1.82, 2.24) is 4.57 Å². The van der Waals surface area contributed by atoms with E-state index in [4.69, 9.17) is 4.74 Å². The van der Waals surface area contributed by atoms with Gasteiger partial charge >= 0.3 is 6.09 Å². The van der Waals surface area contributed by atoms with Gasteiger partial charge in [-0.3, -0.25) is 4.57 Å². The molecule has 0 amide bonds. The van der Waals surface area contributed by atoms with Gasteiger partial charge in [-0.05, 0) is 51.5 Å². The smallest absolute Gasteiger partial charge is 0.418 e. The molecule has 0 aliphatic heterocycles. The van der Waals surface area contributed by atoms with Crippen LogP contribution >= 0.6 is 0 Å². The van der Waals surface area contributed by atoms with Gasteiger partial charge in [0.2, 0.25) is 0 Å². The summed E-state index contributed by atoms with van der Waals surface area (Å²) in [6.45, 7) is 7.57. The first-order valence-corrected chi connectivity index (χ1v) is 6.38. The Bertz CT molecular complexity index is 630. The molecule has 2 rings (SSSR count). The summed E-state index contributed by atoms with van der Waals surface area (Å²) < 4.78 is 6.92. The van der Waals surface area contributed by atoms with Gasteiger partial charge in [-0.25, -0.2) is 4.79 Å². The Morgan fingerprint density at radius 2 is 2.00 bits per heavy atom. The van der Waals surface area contributed by atoms with Gasteiger partial charge in [0.15, 0.2) is 0 Å². The molecule has 0 fully saturated rings. The van der Waals surface area contributed by atoms with Crippen LogP contribution in [0.25, 0.3) is 17.0 Å². The van der Waals surface area contributed by atoms with Crippen LogP contribution in [0, 0.1) is 0 Å². The summed E-state index contributed by atoms with van der Waals surface area (Å²) in [6.07, 6.45) is 5.43. The highest BCUT2D eigenvalue weighted by molar-refractivity contribution is 5.90. The van der Waals surface area contributed by atoms with E-state index in [0.29, 0.717) is 0 Å². The summed E-state index contributed by atoms with van der Waals surface area (Å²) >= 11 is 0. The van der Waals surface area contributed by atoms with Gasteiger partial charge in [0, 0.05) is 11.6 Å². The van der Waals surface area contributed by atoms with E-state index in [0.717, 1.165) is 16.5 Å². The molecule has 19 heavy (non-hydrogen) atoms. The second-order valence-electron chi connectivity index (χ2n) is 5.48. The molecule has 3 nitrogen and oxygen atoms in total. The molecule has 0 saturated carbocycles. The fourth-order valence-corrected chi connectivity index (χ4v) is 1.93. The Labute approximate surface area is 113 Å². The number of benzene rings is 1. The molecule has 0 aliphatic carbocycles. The van der Waals surface area contributed by atoms with Crippen molar-refractivity contribution in [3.8, 4) is 0 Å². The lowest BCUT2D eigenvalue weighted by Crippen LogP contribution is -2.26. The highest BCUT2D eigenvalue weighted by Gasteiger charge is 2.18. The lowest BCUT2D eigenvalue weighted by molar-refractivity contribution is 0.0544. The molecule has 1 aromatic heterocycles. The normalized spacial score (nSPS) is 12.2. The van der Waals surface area contributed by atoms with Crippen molar-refractivity contribution in [3.63, 3.8) is 0 Å². The van der Waals surface area contributed by atoms with Crippen molar-refractivity contribution in [2.24, 2.45) is 0 Å². The fourth-order valence-electron chi connectivity index (χ4n) is 1.93. The second-order valence-corrected chi connectivity index (χ2v) is 5.48. The van der Waals surface area contributed by atoms with Crippen molar-refractivity contribution in [2.75, 3.05) is 0 Å². The first-order valence-electron chi connectivity index (χ1n) is 6.38. The molecule has 3 heteroatoms. The quantitative estimate of drug-likeness (QED) is 0.755. The van der Waals surface area contributed by atoms with Crippen molar-refractivity contribution < 1.29 is 9.53 Å². The topological polar surface area (TPSA) is 31.2 Å². The number of allylic oxidation sites excluding steroid dienone is 1. The van der Waals surface area contributed by atoms with Crippen LogP contribution in [-0.4, -0.2) is 16.3 Å². The summed E-state index contributed by atoms with van der Waals surface area (Å²) in [7, 11) is 0. The van der Waals surface area contributed by atoms with Crippen molar-refractivity contribution in [3.05, 3.63) is 42.1 Å². The third kappa shape index (κ3) is 3.05. The van der Waals surface area contributed by atoms with Crippen LogP contribution in [0.2, 0.25) is 0 Å². The van der Waals surface area contributed by atoms with Crippen molar-refractivity contribution in [1.29, 1.82) is 0 Å². The van der Waals surface area contributed by atoms with Gasteiger partial charge in [0.1, 0.15) is 5.60 Å². The SMILES string of the molecule is C/C=C\c1ccc2c(ccn2C(=O)OC(C)(C)C)c1. The molecule has 0 radical (unpaired) electrons. The lowest BCUT2D eigenvalue weighted by atomic mass is 10.1. The third-order valence-electron chi connectivity index (χ3n) is 2.66. The summed E-state index contributed by atoms with van der Waals surface area (Å²) in [5, 5.41) is 1.03. The van der Waals surface area contributed by atoms with E-state index in [2.05, 4.69) is 6.07 Å². The minimum absolute atomic E-state index is 0.346. The Balaban J connectivity index is 2.38. The van der Waals surface area contributed by atoms with Crippen LogP contribution in [0.3, 0.4) is 0 Å². The molecule has 0 atom stereocenters. The van der Waals surface area contributed by atoms with E-state index in [1.54, 1.807) is 10.8 Å². The molecule has 2 aromatic rings. The summed E-state index contributed by atoms with van der Waals surface area (Å²) in [5.74, 6) is 0. The number of ether oxygens (including phenoxy) is 1. The zero-order valence-electron chi connectivity index (χ0n) is 11.8. The maximum Gasteiger partial charge on any atom is 0.418 e. The molecule has 1 heterocycles. The molecule has 0 aliphatic rings.